The Balaban J connectivity index is 1.99. The van der Waals surface area contributed by atoms with Crippen molar-refractivity contribution in [1.82, 2.24) is 13.5 Å². The smallest absolute Gasteiger partial charge is 0.324 e. The number of amides is 1. The number of halogens is 2. The molecule has 2 heterocycles. The van der Waals surface area contributed by atoms with Gasteiger partial charge in [-0.2, -0.15) is 4.37 Å². The molecule has 0 fully saturated rings. The van der Waals surface area contributed by atoms with E-state index in [1.165, 1.54) is 16.7 Å². The van der Waals surface area contributed by atoms with Crippen LogP contribution in [0.5, 0.6) is 0 Å². The number of nitrogens with zero attached hydrogens (tertiary/aromatic N) is 3. The summed E-state index contributed by atoms with van der Waals surface area (Å²) in [7, 11) is 0. The average molecular weight is 397 g/mol. The SMILES string of the molecule is CC(C)n1c(=O)c2nscc2n(CC(=O)Nc2ccc(F)c(Cl)c2)c1=O. The van der Waals surface area contributed by atoms with Crippen LogP contribution in [0.3, 0.4) is 0 Å². The zero-order chi connectivity index (χ0) is 19.0. The molecular weight excluding hydrogens is 383 g/mol. The summed E-state index contributed by atoms with van der Waals surface area (Å²) >= 11 is 6.72. The number of fused-ring (bicyclic) bond motifs is 1. The van der Waals surface area contributed by atoms with Crippen LogP contribution in [0, 0.1) is 5.82 Å². The van der Waals surface area contributed by atoms with Gasteiger partial charge in [-0.3, -0.25) is 18.7 Å². The van der Waals surface area contributed by atoms with E-state index in [0.717, 1.165) is 22.2 Å². The topological polar surface area (TPSA) is 86.0 Å². The first-order valence-corrected chi connectivity index (χ1v) is 8.85. The molecule has 26 heavy (non-hydrogen) atoms. The lowest BCUT2D eigenvalue weighted by molar-refractivity contribution is -0.116. The molecule has 0 aliphatic rings. The van der Waals surface area contributed by atoms with Gasteiger partial charge >= 0.3 is 5.69 Å². The first-order chi connectivity index (χ1) is 12.3. The Morgan fingerprint density at radius 1 is 1.38 bits per heavy atom. The quantitative estimate of drug-likeness (QED) is 0.734. The number of hydrogen-bond acceptors (Lipinski definition) is 5. The van der Waals surface area contributed by atoms with Crippen LogP contribution < -0.4 is 16.6 Å². The summed E-state index contributed by atoms with van der Waals surface area (Å²) in [5.74, 6) is -1.12. The summed E-state index contributed by atoms with van der Waals surface area (Å²) in [4.78, 5) is 37.4. The molecule has 0 bridgehead atoms. The van der Waals surface area contributed by atoms with E-state index in [1.54, 1.807) is 19.2 Å². The third-order valence-electron chi connectivity index (χ3n) is 3.72. The van der Waals surface area contributed by atoms with E-state index in [0.29, 0.717) is 11.2 Å². The highest BCUT2D eigenvalue weighted by atomic mass is 35.5. The molecule has 1 aromatic carbocycles. The van der Waals surface area contributed by atoms with Gasteiger partial charge in [0.2, 0.25) is 5.91 Å². The lowest BCUT2D eigenvalue weighted by Gasteiger charge is -2.14. The van der Waals surface area contributed by atoms with Crippen molar-refractivity contribution in [3.05, 3.63) is 55.3 Å². The minimum absolute atomic E-state index is 0.127. The largest absolute Gasteiger partial charge is 0.332 e. The van der Waals surface area contributed by atoms with Crippen molar-refractivity contribution in [3.63, 3.8) is 0 Å². The van der Waals surface area contributed by atoms with Gasteiger partial charge in [0, 0.05) is 17.1 Å². The van der Waals surface area contributed by atoms with Gasteiger partial charge in [-0.1, -0.05) is 11.6 Å². The van der Waals surface area contributed by atoms with Crippen LogP contribution in [0.1, 0.15) is 19.9 Å². The zero-order valence-electron chi connectivity index (χ0n) is 13.8. The fourth-order valence-electron chi connectivity index (χ4n) is 2.53. The standard InChI is InChI=1S/C16H14ClFN4O3S/c1-8(2)22-15(24)14-12(7-26-20-14)21(16(22)25)6-13(23)19-9-3-4-11(18)10(17)5-9/h3-5,7-8H,6H2,1-2H3,(H,19,23). The Labute approximate surface area is 155 Å². The normalized spacial score (nSPS) is 11.3. The summed E-state index contributed by atoms with van der Waals surface area (Å²) in [5, 5.41) is 3.97. The van der Waals surface area contributed by atoms with Gasteiger partial charge in [0.05, 0.1) is 10.5 Å². The second-order valence-electron chi connectivity index (χ2n) is 5.86. The van der Waals surface area contributed by atoms with Crippen molar-refractivity contribution in [1.29, 1.82) is 0 Å². The molecule has 0 radical (unpaired) electrons. The molecule has 0 saturated heterocycles. The van der Waals surface area contributed by atoms with E-state index >= 15 is 0 Å². The molecule has 10 heteroatoms. The van der Waals surface area contributed by atoms with E-state index in [4.69, 9.17) is 11.6 Å². The van der Waals surface area contributed by atoms with E-state index in [1.807, 2.05) is 0 Å². The Kier molecular flexibility index (Phi) is 4.92. The first kappa shape index (κ1) is 18.3. The Bertz CT molecular complexity index is 1120. The summed E-state index contributed by atoms with van der Waals surface area (Å²) in [6, 6.07) is 3.38. The van der Waals surface area contributed by atoms with Crippen molar-refractivity contribution in [2.45, 2.75) is 26.4 Å². The lowest BCUT2D eigenvalue weighted by Crippen LogP contribution is -2.42. The van der Waals surface area contributed by atoms with Crippen LogP contribution in [-0.2, 0) is 11.3 Å². The van der Waals surface area contributed by atoms with E-state index in [9.17, 15) is 18.8 Å². The van der Waals surface area contributed by atoms with Crippen molar-refractivity contribution >= 4 is 45.8 Å². The summed E-state index contributed by atoms with van der Waals surface area (Å²) in [5.41, 5.74) is -0.338. The van der Waals surface area contributed by atoms with Crippen LogP contribution in [0.4, 0.5) is 10.1 Å². The van der Waals surface area contributed by atoms with Gasteiger partial charge < -0.3 is 5.32 Å². The lowest BCUT2D eigenvalue weighted by atomic mass is 10.3. The van der Waals surface area contributed by atoms with Crippen molar-refractivity contribution in [2.75, 3.05) is 5.32 Å². The maximum Gasteiger partial charge on any atom is 0.332 e. The maximum atomic E-state index is 13.2. The summed E-state index contributed by atoms with van der Waals surface area (Å²) in [6.45, 7) is 3.08. The molecule has 0 atom stereocenters. The second-order valence-corrected chi connectivity index (χ2v) is 6.90. The van der Waals surface area contributed by atoms with E-state index in [-0.39, 0.29) is 23.1 Å². The van der Waals surface area contributed by atoms with Gasteiger partial charge in [-0.05, 0) is 43.6 Å². The van der Waals surface area contributed by atoms with Crippen LogP contribution >= 0.6 is 23.1 Å². The molecule has 0 unspecified atom stereocenters. The fraction of sp³-hybridized carbons (Fsp3) is 0.250. The molecule has 136 valence electrons. The predicted octanol–water partition coefficient (Wildman–Crippen LogP) is 2.63. The van der Waals surface area contributed by atoms with Gasteiger partial charge in [0.25, 0.3) is 5.56 Å². The molecule has 1 N–H and O–H groups in total. The number of aromatic nitrogens is 3. The number of rotatable bonds is 4. The van der Waals surface area contributed by atoms with Crippen LogP contribution in [0.25, 0.3) is 11.0 Å². The van der Waals surface area contributed by atoms with Gasteiger partial charge in [-0.25, -0.2) is 9.18 Å². The molecule has 3 aromatic rings. The molecule has 0 saturated carbocycles. The molecule has 0 aliphatic carbocycles. The number of anilines is 1. The minimum atomic E-state index is -0.601. The van der Waals surface area contributed by atoms with Crippen molar-refractivity contribution in [3.8, 4) is 0 Å². The van der Waals surface area contributed by atoms with Gasteiger partial charge in [-0.15, -0.1) is 0 Å². The molecule has 0 spiro atoms. The molecule has 3 rings (SSSR count). The van der Waals surface area contributed by atoms with Crippen LogP contribution in [0.2, 0.25) is 5.02 Å². The monoisotopic (exact) mass is 396 g/mol. The third kappa shape index (κ3) is 3.27. The van der Waals surface area contributed by atoms with Crippen LogP contribution in [-0.4, -0.2) is 19.4 Å². The van der Waals surface area contributed by atoms with Crippen LogP contribution in [0.15, 0.2) is 33.2 Å². The highest BCUT2D eigenvalue weighted by Crippen LogP contribution is 2.19. The molecule has 2 aromatic heterocycles. The fourth-order valence-corrected chi connectivity index (χ4v) is 3.38. The maximum absolute atomic E-state index is 13.2. The molecule has 7 nitrogen and oxygen atoms in total. The number of carbonyl (C=O) groups excluding carboxylic acids is 1. The Morgan fingerprint density at radius 3 is 2.77 bits per heavy atom. The van der Waals surface area contributed by atoms with Gasteiger partial charge in [0.1, 0.15) is 12.4 Å². The number of hydrogen-bond donors (Lipinski definition) is 1. The average Bonchev–Trinajstić information content (AvgIpc) is 3.04. The van der Waals surface area contributed by atoms with Crippen molar-refractivity contribution in [2.24, 2.45) is 0 Å². The number of nitrogens with one attached hydrogen (secondary N) is 1. The van der Waals surface area contributed by atoms with Crippen molar-refractivity contribution < 1.29 is 9.18 Å². The Morgan fingerprint density at radius 2 is 2.12 bits per heavy atom. The first-order valence-electron chi connectivity index (χ1n) is 7.64. The molecule has 0 aliphatic heterocycles. The second kappa shape index (κ2) is 7.00. The zero-order valence-corrected chi connectivity index (χ0v) is 15.4. The third-order valence-corrected chi connectivity index (χ3v) is 4.63. The Hall–Kier alpha value is -2.52. The van der Waals surface area contributed by atoms with Gasteiger partial charge in [0.15, 0.2) is 5.52 Å². The molecule has 1 amide bonds. The summed E-state index contributed by atoms with van der Waals surface area (Å²) < 4.78 is 19.5. The predicted molar refractivity (Wildman–Crippen MR) is 98.6 cm³/mol. The number of benzene rings is 1. The number of carbonyl (C=O) groups is 1. The molecular formula is C16H14ClFN4O3S. The summed E-state index contributed by atoms with van der Waals surface area (Å²) in [6.07, 6.45) is 0. The van der Waals surface area contributed by atoms with E-state index in [2.05, 4.69) is 9.69 Å². The van der Waals surface area contributed by atoms with E-state index < -0.39 is 23.0 Å². The highest BCUT2D eigenvalue weighted by Gasteiger charge is 2.18. The minimum Gasteiger partial charge on any atom is -0.324 e. The highest BCUT2D eigenvalue weighted by molar-refractivity contribution is 7.04.